The minimum absolute atomic E-state index is 0.204. The molecule has 0 radical (unpaired) electrons. The molecular formula is C13H19N3O2S. The average molecular weight is 281 g/mol. The van der Waals surface area contributed by atoms with E-state index in [0.29, 0.717) is 16.2 Å². The second-order valence-corrected chi connectivity index (χ2v) is 6.45. The maximum absolute atomic E-state index is 11.3. The van der Waals surface area contributed by atoms with Gasteiger partial charge in [0.15, 0.2) is 5.16 Å². The zero-order valence-corrected chi connectivity index (χ0v) is 12.1. The number of rotatable bonds is 4. The van der Waals surface area contributed by atoms with Gasteiger partial charge in [0, 0.05) is 24.5 Å². The first-order chi connectivity index (χ1) is 9.08. The highest BCUT2D eigenvalue weighted by atomic mass is 32.2. The Morgan fingerprint density at radius 1 is 1.37 bits per heavy atom. The Bertz CT molecular complexity index is 459. The molecule has 0 unspecified atom stereocenters. The van der Waals surface area contributed by atoms with Crippen LogP contribution in [-0.2, 0) is 0 Å². The van der Waals surface area contributed by atoms with E-state index in [1.54, 1.807) is 11.8 Å². The molecule has 0 spiro atoms. The van der Waals surface area contributed by atoms with Crippen LogP contribution < -0.4 is 4.90 Å². The molecule has 2 rings (SSSR count). The van der Waals surface area contributed by atoms with Gasteiger partial charge in [-0.15, -0.1) is 0 Å². The molecule has 1 saturated heterocycles. The highest BCUT2D eigenvalue weighted by Gasteiger charge is 2.21. The van der Waals surface area contributed by atoms with E-state index >= 15 is 0 Å². The van der Waals surface area contributed by atoms with Crippen LogP contribution in [0.2, 0.25) is 0 Å². The van der Waals surface area contributed by atoms with Crippen molar-refractivity contribution in [3.05, 3.63) is 11.8 Å². The summed E-state index contributed by atoms with van der Waals surface area (Å²) in [6.07, 6.45) is 4.83. The lowest BCUT2D eigenvalue weighted by Gasteiger charge is -2.28. The minimum atomic E-state index is -0.957. The van der Waals surface area contributed by atoms with Crippen LogP contribution >= 0.6 is 11.8 Å². The first kappa shape index (κ1) is 14.1. The summed E-state index contributed by atoms with van der Waals surface area (Å²) in [7, 11) is 0. The average Bonchev–Trinajstić information content (AvgIpc) is 2.38. The summed E-state index contributed by atoms with van der Waals surface area (Å²) in [6, 6.07) is 0. The van der Waals surface area contributed by atoms with Crippen molar-refractivity contribution in [1.29, 1.82) is 0 Å². The Morgan fingerprint density at radius 3 is 2.63 bits per heavy atom. The van der Waals surface area contributed by atoms with Crippen LogP contribution in [0.1, 0.15) is 43.5 Å². The lowest BCUT2D eigenvalue weighted by molar-refractivity contribution is 0.0696. The van der Waals surface area contributed by atoms with Crippen molar-refractivity contribution in [1.82, 2.24) is 9.97 Å². The summed E-state index contributed by atoms with van der Waals surface area (Å²) < 4.78 is 0. The Hall–Kier alpha value is -1.30. The molecule has 19 heavy (non-hydrogen) atoms. The van der Waals surface area contributed by atoms with Crippen molar-refractivity contribution in [2.24, 2.45) is 0 Å². The van der Waals surface area contributed by atoms with Gasteiger partial charge >= 0.3 is 5.97 Å². The molecule has 0 aliphatic carbocycles. The lowest BCUT2D eigenvalue weighted by atomic mass is 10.1. The van der Waals surface area contributed by atoms with Crippen LogP contribution in [-0.4, -0.2) is 39.4 Å². The van der Waals surface area contributed by atoms with E-state index in [9.17, 15) is 9.90 Å². The van der Waals surface area contributed by atoms with Gasteiger partial charge in [-0.2, -0.15) is 0 Å². The molecule has 6 heteroatoms. The van der Waals surface area contributed by atoms with E-state index in [2.05, 4.69) is 28.7 Å². The van der Waals surface area contributed by atoms with Gasteiger partial charge in [0.2, 0.25) is 0 Å². The second-order valence-electron chi connectivity index (χ2n) is 4.91. The van der Waals surface area contributed by atoms with E-state index in [1.807, 2.05) is 0 Å². The normalized spacial score (nSPS) is 15.8. The monoisotopic (exact) mass is 281 g/mol. The largest absolute Gasteiger partial charge is 0.477 e. The molecule has 1 aromatic heterocycles. The van der Waals surface area contributed by atoms with Crippen molar-refractivity contribution in [3.63, 3.8) is 0 Å². The maximum atomic E-state index is 11.3. The quantitative estimate of drug-likeness (QED) is 0.676. The van der Waals surface area contributed by atoms with Crippen molar-refractivity contribution in [3.8, 4) is 0 Å². The van der Waals surface area contributed by atoms with Gasteiger partial charge in [-0.25, -0.2) is 14.8 Å². The zero-order valence-electron chi connectivity index (χ0n) is 11.3. The first-order valence-electron chi connectivity index (χ1n) is 6.60. The molecule has 1 N–H and O–H groups in total. The molecule has 0 atom stereocenters. The standard InChI is InChI=1S/C13H19N3O2S/c1-9(2)19-13-14-8-10(12(17)18)11(15-13)16-6-4-3-5-7-16/h8-9H,3-7H2,1-2H3,(H,17,18). The number of carboxylic acid groups (broad SMARTS) is 1. The molecule has 2 heterocycles. The summed E-state index contributed by atoms with van der Waals surface area (Å²) in [5, 5.41) is 10.3. The molecule has 0 saturated carbocycles. The number of aromatic nitrogens is 2. The van der Waals surface area contributed by atoms with Crippen LogP contribution in [0, 0.1) is 0 Å². The van der Waals surface area contributed by atoms with Crippen molar-refractivity contribution < 1.29 is 9.90 Å². The fourth-order valence-electron chi connectivity index (χ4n) is 2.12. The van der Waals surface area contributed by atoms with Gasteiger partial charge in [-0.1, -0.05) is 25.6 Å². The predicted molar refractivity (Wildman–Crippen MR) is 76.0 cm³/mol. The minimum Gasteiger partial charge on any atom is -0.477 e. The zero-order chi connectivity index (χ0) is 13.8. The van der Waals surface area contributed by atoms with E-state index in [0.717, 1.165) is 25.9 Å². The van der Waals surface area contributed by atoms with Crippen LogP contribution in [0.15, 0.2) is 11.4 Å². The number of thioether (sulfide) groups is 1. The van der Waals surface area contributed by atoms with Crippen molar-refractivity contribution in [2.75, 3.05) is 18.0 Å². The van der Waals surface area contributed by atoms with Gasteiger partial charge in [-0.05, 0) is 19.3 Å². The highest BCUT2D eigenvalue weighted by molar-refractivity contribution is 7.99. The molecule has 1 aromatic rings. The summed E-state index contributed by atoms with van der Waals surface area (Å²) in [5.74, 6) is -0.382. The van der Waals surface area contributed by atoms with Gasteiger partial charge in [-0.3, -0.25) is 0 Å². The SMILES string of the molecule is CC(C)Sc1ncc(C(=O)O)c(N2CCCCC2)n1. The fourth-order valence-corrected chi connectivity index (χ4v) is 2.80. The fraction of sp³-hybridized carbons (Fsp3) is 0.615. The number of nitrogens with zero attached hydrogens (tertiary/aromatic N) is 3. The molecule has 0 bridgehead atoms. The van der Waals surface area contributed by atoms with Crippen LogP contribution in [0.3, 0.4) is 0 Å². The third kappa shape index (κ3) is 3.59. The smallest absolute Gasteiger partial charge is 0.341 e. The lowest BCUT2D eigenvalue weighted by Crippen LogP contribution is -2.32. The van der Waals surface area contributed by atoms with Crippen molar-refractivity contribution >= 4 is 23.5 Å². The maximum Gasteiger partial charge on any atom is 0.341 e. The number of carboxylic acids is 1. The number of anilines is 1. The molecule has 1 aliphatic rings. The van der Waals surface area contributed by atoms with Gasteiger partial charge in [0.25, 0.3) is 0 Å². The molecule has 1 aliphatic heterocycles. The summed E-state index contributed by atoms with van der Waals surface area (Å²) in [6.45, 7) is 5.89. The van der Waals surface area contributed by atoms with Gasteiger partial charge < -0.3 is 10.0 Å². The Kier molecular flexibility index (Phi) is 4.63. The molecular weight excluding hydrogens is 262 g/mol. The number of hydrogen-bond acceptors (Lipinski definition) is 5. The number of aromatic carboxylic acids is 1. The third-order valence-corrected chi connectivity index (χ3v) is 3.85. The topological polar surface area (TPSA) is 66.3 Å². The summed E-state index contributed by atoms with van der Waals surface area (Å²) in [4.78, 5) is 21.9. The molecule has 104 valence electrons. The van der Waals surface area contributed by atoms with Crippen LogP contribution in [0.25, 0.3) is 0 Å². The van der Waals surface area contributed by atoms with Gasteiger partial charge in [0.05, 0.1) is 0 Å². The summed E-state index contributed by atoms with van der Waals surface area (Å²) >= 11 is 1.56. The molecule has 5 nitrogen and oxygen atoms in total. The Morgan fingerprint density at radius 2 is 2.05 bits per heavy atom. The van der Waals surface area contributed by atoms with E-state index in [-0.39, 0.29) is 5.56 Å². The van der Waals surface area contributed by atoms with Crippen LogP contribution in [0.4, 0.5) is 5.82 Å². The Labute approximate surface area is 117 Å². The molecule has 0 amide bonds. The predicted octanol–water partition coefficient (Wildman–Crippen LogP) is 2.67. The van der Waals surface area contributed by atoms with E-state index < -0.39 is 5.97 Å². The number of piperidine rings is 1. The highest BCUT2D eigenvalue weighted by Crippen LogP contribution is 2.26. The third-order valence-electron chi connectivity index (χ3n) is 2.97. The van der Waals surface area contributed by atoms with E-state index in [1.165, 1.54) is 12.6 Å². The van der Waals surface area contributed by atoms with Crippen LogP contribution in [0.5, 0.6) is 0 Å². The second kappa shape index (κ2) is 6.23. The summed E-state index contributed by atoms with van der Waals surface area (Å²) in [5.41, 5.74) is 0.204. The van der Waals surface area contributed by atoms with E-state index in [4.69, 9.17) is 0 Å². The first-order valence-corrected chi connectivity index (χ1v) is 7.48. The Balaban J connectivity index is 2.32. The number of carbonyl (C=O) groups is 1. The molecule has 1 fully saturated rings. The molecule has 0 aromatic carbocycles. The van der Waals surface area contributed by atoms with Gasteiger partial charge in [0.1, 0.15) is 11.4 Å². The van der Waals surface area contributed by atoms with Crippen molar-refractivity contribution in [2.45, 2.75) is 43.5 Å². The number of hydrogen-bond donors (Lipinski definition) is 1.